The maximum absolute atomic E-state index is 12.8. The second-order valence-corrected chi connectivity index (χ2v) is 8.90. The third-order valence-corrected chi connectivity index (χ3v) is 6.69. The fourth-order valence-corrected chi connectivity index (χ4v) is 5.17. The van der Waals surface area contributed by atoms with Crippen LogP contribution < -0.4 is 10.6 Å². The van der Waals surface area contributed by atoms with Crippen molar-refractivity contribution in [1.29, 1.82) is 0 Å². The molecule has 1 saturated carbocycles. The predicted octanol–water partition coefficient (Wildman–Crippen LogP) is 1.00. The Bertz CT molecular complexity index is 867. The van der Waals surface area contributed by atoms with Crippen LogP contribution in [0.15, 0.2) is 29.5 Å². The van der Waals surface area contributed by atoms with Gasteiger partial charge in [0.05, 0.1) is 30.6 Å². The van der Waals surface area contributed by atoms with Gasteiger partial charge in [0.15, 0.2) is 5.96 Å². The molecule has 5 atom stereocenters. The van der Waals surface area contributed by atoms with Crippen molar-refractivity contribution in [2.24, 2.45) is 35.7 Å². The molecule has 2 N–H and O–H groups in total. The zero-order valence-corrected chi connectivity index (χ0v) is 21.5. The first-order valence-corrected chi connectivity index (χ1v) is 11.1. The zero-order chi connectivity index (χ0) is 22.1. The Balaban J connectivity index is 0.00000289. The standard InChI is InChI=1S/C22H33N7O2.HI/c1-5-23-22(25-12-17(27(2)3)16-11-26-28(4)13-16)24-8-9-29-20(30)18-14-6-7-15(10-14)19(18)21(29)31;/h6-7,11,13-15,17-19H,5,8-10,12H2,1-4H3,(H2,23,24,25);1H. The molecule has 1 aromatic heterocycles. The summed E-state index contributed by atoms with van der Waals surface area (Å²) in [5.41, 5.74) is 1.11. The Kier molecular flexibility index (Phi) is 7.97. The lowest BCUT2D eigenvalue weighted by Crippen LogP contribution is -2.44. The van der Waals surface area contributed by atoms with Crippen LogP contribution in [0.5, 0.6) is 0 Å². The van der Waals surface area contributed by atoms with Crippen LogP contribution >= 0.6 is 24.0 Å². The van der Waals surface area contributed by atoms with Gasteiger partial charge in [0.1, 0.15) is 0 Å². The number of likely N-dealkylation sites (tertiary alicyclic amines) is 1. The van der Waals surface area contributed by atoms with Gasteiger partial charge in [0.25, 0.3) is 0 Å². The molecule has 1 saturated heterocycles. The number of nitrogens with one attached hydrogen (secondary N) is 2. The van der Waals surface area contributed by atoms with Crippen molar-refractivity contribution >= 4 is 41.8 Å². The topological polar surface area (TPSA) is 94.9 Å². The molecule has 2 aliphatic carbocycles. The van der Waals surface area contributed by atoms with Gasteiger partial charge in [0, 0.05) is 38.4 Å². The number of aromatic nitrogens is 2. The first-order chi connectivity index (χ1) is 14.9. The van der Waals surface area contributed by atoms with E-state index in [9.17, 15) is 9.59 Å². The number of allylic oxidation sites excluding steroid dienone is 2. The summed E-state index contributed by atoms with van der Waals surface area (Å²) in [6.07, 6.45) is 9.07. The van der Waals surface area contributed by atoms with Crippen molar-refractivity contribution in [3.63, 3.8) is 0 Å². The summed E-state index contributed by atoms with van der Waals surface area (Å²) in [5.74, 6) is 0.908. The van der Waals surface area contributed by atoms with Gasteiger partial charge >= 0.3 is 0 Å². The molecule has 5 unspecified atom stereocenters. The van der Waals surface area contributed by atoms with Crippen LogP contribution in [0.4, 0.5) is 0 Å². The highest BCUT2D eigenvalue weighted by Gasteiger charge is 2.58. The zero-order valence-electron chi connectivity index (χ0n) is 19.2. The van der Waals surface area contributed by atoms with Crippen molar-refractivity contribution in [3.8, 4) is 0 Å². The van der Waals surface area contributed by atoms with Crippen molar-refractivity contribution in [2.45, 2.75) is 19.4 Å². The van der Waals surface area contributed by atoms with Crippen LogP contribution in [0.1, 0.15) is 24.9 Å². The van der Waals surface area contributed by atoms with E-state index >= 15 is 0 Å². The van der Waals surface area contributed by atoms with Gasteiger partial charge in [0.2, 0.25) is 11.8 Å². The van der Waals surface area contributed by atoms with Crippen LogP contribution in [0.3, 0.4) is 0 Å². The van der Waals surface area contributed by atoms with Crippen molar-refractivity contribution in [1.82, 2.24) is 30.2 Å². The lowest BCUT2D eigenvalue weighted by molar-refractivity contribution is -0.140. The molecule has 1 aliphatic heterocycles. The lowest BCUT2D eigenvalue weighted by atomic mass is 9.85. The fourth-order valence-electron chi connectivity index (χ4n) is 5.17. The lowest BCUT2D eigenvalue weighted by Gasteiger charge is -2.22. The number of hydrogen-bond acceptors (Lipinski definition) is 5. The van der Waals surface area contributed by atoms with E-state index < -0.39 is 0 Å². The molecule has 4 rings (SSSR count). The number of imide groups is 1. The molecule has 0 spiro atoms. The number of aliphatic imine (C=N–C) groups is 1. The van der Waals surface area contributed by atoms with E-state index in [1.165, 1.54) is 4.90 Å². The number of fused-ring (bicyclic) bond motifs is 5. The van der Waals surface area contributed by atoms with Gasteiger partial charge in [-0.2, -0.15) is 5.10 Å². The third kappa shape index (κ3) is 4.70. The highest BCUT2D eigenvalue weighted by Crippen LogP contribution is 2.52. The average Bonchev–Trinajstić information content (AvgIpc) is 3.49. The molecule has 0 aromatic carbocycles. The molecule has 2 amide bonds. The number of rotatable bonds is 8. The number of carbonyl (C=O) groups is 2. The predicted molar refractivity (Wildman–Crippen MR) is 133 cm³/mol. The van der Waals surface area contributed by atoms with E-state index in [0.717, 1.165) is 18.5 Å². The molecule has 10 heteroatoms. The molecule has 32 heavy (non-hydrogen) atoms. The Morgan fingerprint density at radius 1 is 1.22 bits per heavy atom. The summed E-state index contributed by atoms with van der Waals surface area (Å²) in [6.45, 7) is 4.15. The minimum Gasteiger partial charge on any atom is -0.357 e. The minimum absolute atomic E-state index is 0. The molecule has 176 valence electrons. The van der Waals surface area contributed by atoms with E-state index in [1.54, 1.807) is 4.68 Å². The van der Waals surface area contributed by atoms with Crippen LogP contribution in [-0.2, 0) is 16.6 Å². The molecule has 2 fully saturated rings. The van der Waals surface area contributed by atoms with Gasteiger partial charge in [-0.1, -0.05) is 12.2 Å². The first kappa shape index (κ1) is 24.7. The van der Waals surface area contributed by atoms with Gasteiger partial charge < -0.3 is 15.5 Å². The summed E-state index contributed by atoms with van der Waals surface area (Å²) in [5, 5.41) is 10.8. The summed E-state index contributed by atoms with van der Waals surface area (Å²) in [4.78, 5) is 33.9. The maximum atomic E-state index is 12.8. The molecular weight excluding hydrogens is 521 g/mol. The summed E-state index contributed by atoms with van der Waals surface area (Å²) in [7, 11) is 5.95. The monoisotopic (exact) mass is 555 g/mol. The summed E-state index contributed by atoms with van der Waals surface area (Å²) < 4.78 is 1.79. The number of likely N-dealkylation sites (N-methyl/N-ethyl adjacent to an activating group) is 1. The fraction of sp³-hybridized carbons (Fsp3) is 0.636. The van der Waals surface area contributed by atoms with Crippen molar-refractivity contribution in [2.75, 3.05) is 40.3 Å². The Morgan fingerprint density at radius 2 is 1.88 bits per heavy atom. The molecule has 0 radical (unpaired) electrons. The molecule has 3 aliphatic rings. The molecule has 9 nitrogen and oxygen atoms in total. The van der Waals surface area contributed by atoms with E-state index in [-0.39, 0.29) is 65.5 Å². The summed E-state index contributed by atoms with van der Waals surface area (Å²) in [6, 6.07) is 0.105. The number of amides is 2. The highest BCUT2D eigenvalue weighted by atomic mass is 127. The van der Waals surface area contributed by atoms with Gasteiger partial charge in [-0.15, -0.1) is 24.0 Å². The number of hydrogen-bond donors (Lipinski definition) is 2. The van der Waals surface area contributed by atoms with Gasteiger partial charge in [-0.05, 0) is 39.3 Å². The van der Waals surface area contributed by atoms with Crippen LogP contribution in [0.25, 0.3) is 0 Å². The van der Waals surface area contributed by atoms with Crippen molar-refractivity contribution in [3.05, 3.63) is 30.1 Å². The first-order valence-electron chi connectivity index (χ1n) is 11.1. The Labute approximate surface area is 206 Å². The van der Waals surface area contributed by atoms with E-state index in [1.807, 2.05) is 40.5 Å². The highest BCUT2D eigenvalue weighted by molar-refractivity contribution is 14.0. The number of nitrogens with zero attached hydrogens (tertiary/aromatic N) is 5. The van der Waals surface area contributed by atoms with Crippen LogP contribution in [0, 0.1) is 23.7 Å². The van der Waals surface area contributed by atoms with E-state index in [4.69, 9.17) is 4.99 Å². The van der Waals surface area contributed by atoms with Crippen LogP contribution in [-0.4, -0.2) is 77.6 Å². The molecule has 1 aromatic rings. The quantitative estimate of drug-likeness (QED) is 0.164. The SMILES string of the molecule is CCNC(=NCC(c1cnn(C)c1)N(C)C)NCCN1C(=O)C2C3C=CC(C3)C2C1=O.I. The number of halogens is 1. The number of aryl methyl sites for hydroxylation is 1. The summed E-state index contributed by atoms with van der Waals surface area (Å²) >= 11 is 0. The average molecular weight is 555 g/mol. The number of guanidine groups is 1. The van der Waals surface area contributed by atoms with Gasteiger partial charge in [-0.3, -0.25) is 24.2 Å². The van der Waals surface area contributed by atoms with E-state index in [2.05, 4.69) is 32.8 Å². The Morgan fingerprint density at radius 3 is 2.41 bits per heavy atom. The third-order valence-electron chi connectivity index (χ3n) is 6.69. The second-order valence-electron chi connectivity index (χ2n) is 8.90. The van der Waals surface area contributed by atoms with Crippen molar-refractivity contribution < 1.29 is 9.59 Å². The normalized spacial score (nSPS) is 27.2. The minimum atomic E-state index is -0.135. The van der Waals surface area contributed by atoms with Gasteiger partial charge in [-0.25, -0.2) is 0 Å². The molecular formula is C22H34IN7O2. The molecule has 2 bridgehead atoms. The Hall–Kier alpha value is -1.95. The maximum Gasteiger partial charge on any atom is 0.233 e. The van der Waals surface area contributed by atoms with Crippen LogP contribution in [0.2, 0.25) is 0 Å². The van der Waals surface area contributed by atoms with E-state index in [0.29, 0.717) is 25.6 Å². The molecule has 2 heterocycles. The largest absolute Gasteiger partial charge is 0.357 e. The smallest absolute Gasteiger partial charge is 0.233 e. The second kappa shape index (κ2) is 10.3. The number of carbonyl (C=O) groups excluding carboxylic acids is 2.